The highest BCUT2D eigenvalue weighted by atomic mass is 79.9. The molecular weight excluding hydrogens is 316 g/mol. The highest BCUT2D eigenvalue weighted by Gasteiger charge is 2.07. The summed E-state index contributed by atoms with van der Waals surface area (Å²) in [4.78, 5) is 4.37. The Hall–Kier alpha value is -1.39. The largest absolute Gasteiger partial charge is 0.439 e. The Kier molecular flexibility index (Phi) is 5.56. The molecule has 0 atom stereocenters. The molecule has 0 aliphatic heterocycles. The van der Waals surface area contributed by atoms with E-state index in [0.29, 0.717) is 5.88 Å². The predicted octanol–water partition coefficient (Wildman–Crippen LogP) is 4.44. The van der Waals surface area contributed by atoms with Gasteiger partial charge in [0.1, 0.15) is 5.75 Å². The second-order valence-electron chi connectivity index (χ2n) is 4.71. The average molecular weight is 335 g/mol. The standard InChI is InChI=1S/C16H19BrN2O/c1-3-8-18-10-13-9-14(17)11-19-16(13)20-15-6-4-12(2)5-7-15/h4-7,9,11,18H,3,8,10H2,1-2H3. The smallest absolute Gasteiger partial charge is 0.223 e. The Morgan fingerprint density at radius 1 is 1.25 bits per heavy atom. The van der Waals surface area contributed by atoms with E-state index in [2.05, 4.69) is 40.1 Å². The van der Waals surface area contributed by atoms with E-state index in [-0.39, 0.29) is 0 Å². The van der Waals surface area contributed by atoms with Gasteiger partial charge in [-0.05, 0) is 54.0 Å². The number of halogens is 1. The van der Waals surface area contributed by atoms with Gasteiger partial charge in [0, 0.05) is 22.8 Å². The van der Waals surface area contributed by atoms with Crippen molar-refractivity contribution in [3.63, 3.8) is 0 Å². The van der Waals surface area contributed by atoms with Crippen molar-refractivity contribution in [2.45, 2.75) is 26.8 Å². The van der Waals surface area contributed by atoms with Crippen molar-refractivity contribution in [3.05, 3.63) is 52.1 Å². The van der Waals surface area contributed by atoms with E-state index in [1.54, 1.807) is 6.20 Å². The number of nitrogens with zero attached hydrogens (tertiary/aromatic N) is 1. The van der Waals surface area contributed by atoms with Gasteiger partial charge in [-0.25, -0.2) is 4.98 Å². The second-order valence-corrected chi connectivity index (χ2v) is 5.63. The zero-order valence-corrected chi connectivity index (χ0v) is 13.4. The third kappa shape index (κ3) is 4.32. The minimum absolute atomic E-state index is 0.653. The Balaban J connectivity index is 2.15. The molecule has 0 aliphatic rings. The number of nitrogens with one attached hydrogen (secondary N) is 1. The van der Waals surface area contributed by atoms with E-state index in [1.165, 1.54) is 5.56 Å². The van der Waals surface area contributed by atoms with Gasteiger partial charge in [0.15, 0.2) is 0 Å². The topological polar surface area (TPSA) is 34.2 Å². The van der Waals surface area contributed by atoms with Crippen molar-refractivity contribution in [1.29, 1.82) is 0 Å². The van der Waals surface area contributed by atoms with Crippen LogP contribution in [0.1, 0.15) is 24.5 Å². The molecule has 0 saturated heterocycles. The molecule has 1 heterocycles. The van der Waals surface area contributed by atoms with Crippen molar-refractivity contribution in [2.24, 2.45) is 0 Å². The van der Waals surface area contributed by atoms with Gasteiger partial charge in [-0.1, -0.05) is 24.6 Å². The van der Waals surface area contributed by atoms with Crippen LogP contribution in [0.4, 0.5) is 0 Å². The van der Waals surface area contributed by atoms with Crippen LogP contribution in [0.5, 0.6) is 11.6 Å². The first-order chi connectivity index (χ1) is 9.69. The molecule has 1 N–H and O–H groups in total. The SMILES string of the molecule is CCCNCc1cc(Br)cnc1Oc1ccc(C)cc1. The maximum absolute atomic E-state index is 5.88. The predicted molar refractivity (Wildman–Crippen MR) is 85.2 cm³/mol. The molecule has 3 nitrogen and oxygen atoms in total. The number of benzene rings is 1. The van der Waals surface area contributed by atoms with Gasteiger partial charge < -0.3 is 10.1 Å². The number of aromatic nitrogens is 1. The third-order valence-electron chi connectivity index (χ3n) is 2.87. The summed E-state index contributed by atoms with van der Waals surface area (Å²) in [5, 5.41) is 3.37. The fraction of sp³-hybridized carbons (Fsp3) is 0.312. The first-order valence-electron chi connectivity index (χ1n) is 6.78. The van der Waals surface area contributed by atoms with Gasteiger partial charge in [0.25, 0.3) is 0 Å². The van der Waals surface area contributed by atoms with Crippen LogP contribution in [0.2, 0.25) is 0 Å². The second kappa shape index (κ2) is 7.41. The first-order valence-corrected chi connectivity index (χ1v) is 7.58. The van der Waals surface area contributed by atoms with Crippen molar-refractivity contribution in [1.82, 2.24) is 10.3 Å². The molecule has 0 aliphatic carbocycles. The number of hydrogen-bond donors (Lipinski definition) is 1. The summed E-state index contributed by atoms with van der Waals surface area (Å²) in [7, 11) is 0. The van der Waals surface area contributed by atoms with Crippen molar-refractivity contribution in [3.8, 4) is 11.6 Å². The van der Waals surface area contributed by atoms with Crippen LogP contribution in [0.15, 0.2) is 41.0 Å². The fourth-order valence-electron chi connectivity index (χ4n) is 1.80. The van der Waals surface area contributed by atoms with Crippen LogP contribution < -0.4 is 10.1 Å². The lowest BCUT2D eigenvalue weighted by Gasteiger charge is -2.11. The lowest BCUT2D eigenvalue weighted by atomic mass is 10.2. The maximum Gasteiger partial charge on any atom is 0.223 e. The number of rotatable bonds is 6. The van der Waals surface area contributed by atoms with Crippen LogP contribution in [0, 0.1) is 6.92 Å². The Bertz CT molecular complexity index is 555. The summed E-state index contributed by atoms with van der Waals surface area (Å²) >= 11 is 3.45. The Morgan fingerprint density at radius 3 is 2.70 bits per heavy atom. The van der Waals surface area contributed by atoms with Gasteiger partial charge in [-0.3, -0.25) is 0 Å². The van der Waals surface area contributed by atoms with Gasteiger partial charge in [-0.15, -0.1) is 0 Å². The first kappa shape index (κ1) is 15.0. The Labute approximate surface area is 128 Å². The molecule has 0 saturated carbocycles. The normalized spacial score (nSPS) is 10.6. The lowest BCUT2D eigenvalue weighted by Crippen LogP contribution is -2.14. The zero-order chi connectivity index (χ0) is 14.4. The van der Waals surface area contributed by atoms with Gasteiger partial charge in [0.2, 0.25) is 5.88 Å². The average Bonchev–Trinajstić information content (AvgIpc) is 2.44. The van der Waals surface area contributed by atoms with Crippen molar-refractivity contribution in [2.75, 3.05) is 6.54 Å². The van der Waals surface area contributed by atoms with Gasteiger partial charge >= 0.3 is 0 Å². The summed E-state index contributed by atoms with van der Waals surface area (Å²) in [6.45, 7) is 5.94. The molecule has 0 spiro atoms. The molecule has 0 radical (unpaired) electrons. The molecule has 2 rings (SSSR count). The van der Waals surface area contributed by atoms with E-state index in [1.807, 2.05) is 30.3 Å². The number of pyridine rings is 1. The van der Waals surface area contributed by atoms with Crippen LogP contribution in [-0.4, -0.2) is 11.5 Å². The third-order valence-corrected chi connectivity index (χ3v) is 3.30. The minimum Gasteiger partial charge on any atom is -0.439 e. The number of ether oxygens (including phenoxy) is 1. The molecule has 1 aromatic heterocycles. The summed E-state index contributed by atoms with van der Waals surface area (Å²) in [6.07, 6.45) is 2.86. The highest BCUT2D eigenvalue weighted by Crippen LogP contribution is 2.25. The monoisotopic (exact) mass is 334 g/mol. The molecule has 0 bridgehead atoms. The van der Waals surface area contributed by atoms with Gasteiger partial charge in [-0.2, -0.15) is 0 Å². The summed E-state index contributed by atoms with van der Waals surface area (Å²) in [6, 6.07) is 10.0. The number of aryl methyl sites for hydroxylation is 1. The van der Waals surface area contributed by atoms with E-state index >= 15 is 0 Å². The molecule has 4 heteroatoms. The van der Waals surface area contributed by atoms with Crippen LogP contribution >= 0.6 is 15.9 Å². The Morgan fingerprint density at radius 2 is 2.00 bits per heavy atom. The molecule has 0 unspecified atom stereocenters. The quantitative estimate of drug-likeness (QED) is 0.792. The molecular formula is C16H19BrN2O. The van der Waals surface area contributed by atoms with Crippen molar-refractivity contribution >= 4 is 15.9 Å². The fourth-order valence-corrected chi connectivity index (χ4v) is 2.18. The minimum atomic E-state index is 0.653. The molecule has 0 fully saturated rings. The lowest BCUT2D eigenvalue weighted by molar-refractivity contribution is 0.452. The molecule has 0 amide bonds. The van der Waals surface area contributed by atoms with Crippen molar-refractivity contribution < 1.29 is 4.74 Å². The zero-order valence-electron chi connectivity index (χ0n) is 11.8. The number of hydrogen-bond acceptors (Lipinski definition) is 3. The van der Waals surface area contributed by atoms with Crippen LogP contribution in [0.25, 0.3) is 0 Å². The maximum atomic E-state index is 5.88. The molecule has 20 heavy (non-hydrogen) atoms. The van der Waals surface area contributed by atoms with E-state index in [9.17, 15) is 0 Å². The molecule has 2 aromatic rings. The summed E-state index contributed by atoms with van der Waals surface area (Å²) in [5.41, 5.74) is 2.26. The van der Waals surface area contributed by atoms with E-state index in [0.717, 1.165) is 35.3 Å². The molecule has 106 valence electrons. The van der Waals surface area contributed by atoms with Crippen LogP contribution in [0.3, 0.4) is 0 Å². The van der Waals surface area contributed by atoms with Crippen LogP contribution in [-0.2, 0) is 6.54 Å². The molecule has 1 aromatic carbocycles. The summed E-state index contributed by atoms with van der Waals surface area (Å²) < 4.78 is 6.84. The summed E-state index contributed by atoms with van der Waals surface area (Å²) in [5.74, 6) is 1.46. The highest BCUT2D eigenvalue weighted by molar-refractivity contribution is 9.10. The van der Waals surface area contributed by atoms with Gasteiger partial charge in [0.05, 0.1) is 0 Å². The van der Waals surface area contributed by atoms with E-state index in [4.69, 9.17) is 4.74 Å². The van der Waals surface area contributed by atoms with E-state index < -0.39 is 0 Å².